The van der Waals surface area contributed by atoms with Crippen LogP contribution in [0.4, 0.5) is 16.2 Å². The van der Waals surface area contributed by atoms with Crippen LogP contribution in [0.25, 0.3) is 20.2 Å². The molecule has 0 aliphatic carbocycles. The number of thiophene rings is 1. The number of carbonyl (C=O) groups excluding carboxylic acids is 1. The van der Waals surface area contributed by atoms with Gasteiger partial charge in [0.2, 0.25) is 0 Å². The molecule has 0 atom stereocenters. The van der Waals surface area contributed by atoms with E-state index in [0.717, 1.165) is 26.8 Å². The Morgan fingerprint density at radius 2 is 2.00 bits per heavy atom. The molecule has 0 bridgehead atoms. The van der Waals surface area contributed by atoms with Crippen molar-refractivity contribution in [3.63, 3.8) is 0 Å². The second-order valence-electron chi connectivity index (χ2n) is 5.48. The monoisotopic (exact) mass is 344 g/mol. The summed E-state index contributed by atoms with van der Waals surface area (Å²) in [5, 5.41) is 14.2. The summed E-state index contributed by atoms with van der Waals surface area (Å²) in [6.07, 6.45) is 0. The lowest BCUT2D eigenvalue weighted by atomic mass is 10.1. The van der Waals surface area contributed by atoms with E-state index in [9.17, 15) is 9.90 Å². The van der Waals surface area contributed by atoms with Crippen LogP contribution in [0.15, 0.2) is 36.4 Å². The summed E-state index contributed by atoms with van der Waals surface area (Å²) in [5.74, 6) is 0. The Bertz CT molecular complexity index is 878. The number of anilines is 2. The molecular formula is C17H20N4O2S. The largest absolute Gasteiger partial charge is 0.398 e. The van der Waals surface area contributed by atoms with Gasteiger partial charge >= 0.3 is 6.03 Å². The van der Waals surface area contributed by atoms with E-state index < -0.39 is 6.03 Å². The van der Waals surface area contributed by atoms with Crippen LogP contribution in [0.2, 0.25) is 0 Å². The second-order valence-corrected chi connectivity index (χ2v) is 6.53. The highest BCUT2D eigenvalue weighted by molar-refractivity contribution is 7.26. The number of hydrogen-bond donors (Lipinski definition) is 4. The first-order valence-electron chi connectivity index (χ1n) is 7.70. The topological polar surface area (TPSA) is 105 Å². The van der Waals surface area contributed by atoms with Crippen molar-refractivity contribution < 1.29 is 9.90 Å². The number of benzene rings is 2. The zero-order valence-electron chi connectivity index (χ0n) is 13.2. The average Bonchev–Trinajstić information content (AvgIpc) is 2.94. The van der Waals surface area contributed by atoms with E-state index in [4.69, 9.17) is 11.5 Å². The van der Waals surface area contributed by atoms with Crippen molar-refractivity contribution in [2.45, 2.75) is 0 Å². The van der Waals surface area contributed by atoms with Crippen LogP contribution < -0.4 is 21.7 Å². The number of nitrogens with two attached hydrogens (primary N) is 2. The fourth-order valence-electron chi connectivity index (χ4n) is 2.88. The molecule has 1 heterocycles. The fourth-order valence-corrected chi connectivity index (χ4v) is 4.15. The summed E-state index contributed by atoms with van der Waals surface area (Å²) < 4.78 is 2.26. The van der Waals surface area contributed by atoms with Gasteiger partial charge in [0.05, 0.1) is 17.0 Å². The molecule has 0 unspecified atom stereocenters. The number of aliphatic hydroxyl groups is 1. The van der Waals surface area contributed by atoms with E-state index in [0.29, 0.717) is 19.6 Å². The van der Waals surface area contributed by atoms with Gasteiger partial charge in [0, 0.05) is 40.8 Å². The van der Waals surface area contributed by atoms with Crippen LogP contribution in [0, 0.1) is 0 Å². The minimum absolute atomic E-state index is 0.0212. The van der Waals surface area contributed by atoms with E-state index in [-0.39, 0.29) is 6.61 Å². The Morgan fingerprint density at radius 3 is 2.75 bits per heavy atom. The zero-order chi connectivity index (χ0) is 17.1. The summed E-state index contributed by atoms with van der Waals surface area (Å²) >= 11 is 1.68. The summed E-state index contributed by atoms with van der Waals surface area (Å²) in [5.41, 5.74) is 13.1. The lowest BCUT2D eigenvalue weighted by molar-refractivity contribution is 0.249. The molecule has 0 saturated heterocycles. The number of carbonyl (C=O) groups is 1. The molecule has 7 heteroatoms. The van der Waals surface area contributed by atoms with E-state index >= 15 is 0 Å². The lowest BCUT2D eigenvalue weighted by Gasteiger charge is -2.25. The van der Waals surface area contributed by atoms with Crippen molar-refractivity contribution in [1.29, 1.82) is 0 Å². The number of primary amides is 1. The van der Waals surface area contributed by atoms with Crippen molar-refractivity contribution >= 4 is 48.9 Å². The third kappa shape index (κ3) is 3.08. The number of nitrogens with zero attached hydrogens (tertiary/aromatic N) is 1. The Labute approximate surface area is 143 Å². The summed E-state index contributed by atoms with van der Waals surface area (Å²) in [4.78, 5) is 12.9. The van der Waals surface area contributed by atoms with Gasteiger partial charge in [-0.2, -0.15) is 0 Å². The van der Waals surface area contributed by atoms with Gasteiger partial charge in [0.25, 0.3) is 0 Å². The zero-order valence-corrected chi connectivity index (χ0v) is 14.0. The molecule has 126 valence electrons. The number of rotatable bonds is 6. The molecule has 0 spiro atoms. The van der Waals surface area contributed by atoms with E-state index in [1.54, 1.807) is 11.3 Å². The highest BCUT2D eigenvalue weighted by Crippen LogP contribution is 2.42. The number of nitrogen functional groups attached to an aromatic ring is 1. The molecule has 2 aromatic carbocycles. The number of urea groups is 1. The molecule has 2 amide bonds. The van der Waals surface area contributed by atoms with Gasteiger partial charge in [0.15, 0.2) is 0 Å². The van der Waals surface area contributed by atoms with Crippen molar-refractivity contribution in [3.8, 4) is 0 Å². The maximum atomic E-state index is 10.9. The van der Waals surface area contributed by atoms with Crippen molar-refractivity contribution in [2.75, 3.05) is 36.9 Å². The predicted molar refractivity (Wildman–Crippen MR) is 101 cm³/mol. The fraction of sp³-hybridized carbons (Fsp3) is 0.235. The molecule has 0 fully saturated rings. The minimum atomic E-state index is -0.553. The Balaban J connectivity index is 2.06. The van der Waals surface area contributed by atoms with Crippen LogP contribution in [0.5, 0.6) is 0 Å². The maximum Gasteiger partial charge on any atom is 0.312 e. The Hall–Kier alpha value is -2.51. The molecule has 0 radical (unpaired) electrons. The number of amides is 2. The van der Waals surface area contributed by atoms with Gasteiger partial charge in [0.1, 0.15) is 0 Å². The van der Waals surface area contributed by atoms with Gasteiger partial charge in [-0.05, 0) is 18.2 Å². The molecule has 0 aliphatic heterocycles. The molecule has 0 aliphatic rings. The van der Waals surface area contributed by atoms with Crippen molar-refractivity contribution in [1.82, 2.24) is 5.32 Å². The molecule has 24 heavy (non-hydrogen) atoms. The quantitative estimate of drug-likeness (QED) is 0.514. The highest BCUT2D eigenvalue weighted by atomic mass is 32.1. The number of nitrogens with one attached hydrogen (secondary N) is 1. The smallest absolute Gasteiger partial charge is 0.312 e. The molecule has 3 rings (SSSR count). The van der Waals surface area contributed by atoms with Crippen LogP contribution in [-0.2, 0) is 0 Å². The normalized spacial score (nSPS) is 11.0. The Kier molecular flexibility index (Phi) is 4.73. The number of aliphatic hydroxyl groups excluding tert-OH is 1. The van der Waals surface area contributed by atoms with Crippen LogP contribution >= 0.6 is 11.3 Å². The standard InChI is InChI=1S/C17H20N4O2S/c18-12-5-6-13(21(9-10-22)8-7-20-17(19)23)16-15(12)11-3-1-2-4-14(11)24-16/h1-6,22H,7-10,18H2,(H3,19,20,23). The van der Waals surface area contributed by atoms with Gasteiger partial charge in [-0.1, -0.05) is 18.2 Å². The first-order valence-corrected chi connectivity index (χ1v) is 8.52. The van der Waals surface area contributed by atoms with Gasteiger partial charge < -0.3 is 26.8 Å². The minimum Gasteiger partial charge on any atom is -0.398 e. The summed E-state index contributed by atoms with van der Waals surface area (Å²) in [7, 11) is 0. The van der Waals surface area contributed by atoms with Crippen LogP contribution in [0.3, 0.4) is 0 Å². The first-order chi connectivity index (χ1) is 11.6. The maximum absolute atomic E-state index is 10.9. The van der Waals surface area contributed by atoms with E-state index in [2.05, 4.69) is 17.4 Å². The predicted octanol–water partition coefficient (Wildman–Crippen LogP) is 2.10. The van der Waals surface area contributed by atoms with Gasteiger partial charge in [-0.3, -0.25) is 0 Å². The third-order valence-corrected chi connectivity index (χ3v) is 5.12. The van der Waals surface area contributed by atoms with Gasteiger partial charge in [-0.25, -0.2) is 4.79 Å². The number of hydrogen-bond acceptors (Lipinski definition) is 5. The molecular weight excluding hydrogens is 324 g/mol. The summed E-state index contributed by atoms with van der Waals surface area (Å²) in [6, 6.07) is 11.5. The van der Waals surface area contributed by atoms with Crippen molar-refractivity contribution in [2.24, 2.45) is 5.73 Å². The van der Waals surface area contributed by atoms with Crippen LogP contribution in [0.1, 0.15) is 0 Å². The third-order valence-electron chi connectivity index (χ3n) is 3.93. The van der Waals surface area contributed by atoms with Crippen LogP contribution in [-0.4, -0.2) is 37.4 Å². The van der Waals surface area contributed by atoms with Crippen molar-refractivity contribution in [3.05, 3.63) is 36.4 Å². The molecule has 3 aromatic rings. The summed E-state index contributed by atoms with van der Waals surface area (Å²) in [6.45, 7) is 1.45. The first kappa shape index (κ1) is 16.4. The lowest BCUT2D eigenvalue weighted by Crippen LogP contribution is -2.38. The molecule has 6 nitrogen and oxygen atoms in total. The highest BCUT2D eigenvalue weighted by Gasteiger charge is 2.16. The number of fused-ring (bicyclic) bond motifs is 3. The molecule has 6 N–H and O–H groups in total. The van der Waals surface area contributed by atoms with E-state index in [1.165, 1.54) is 4.70 Å². The molecule has 1 aromatic heterocycles. The van der Waals surface area contributed by atoms with E-state index in [1.807, 2.05) is 29.2 Å². The second kappa shape index (κ2) is 6.94. The Morgan fingerprint density at radius 1 is 1.21 bits per heavy atom. The SMILES string of the molecule is NC(=O)NCCN(CCO)c1ccc(N)c2c1sc1ccccc12. The van der Waals surface area contributed by atoms with Gasteiger partial charge in [-0.15, -0.1) is 11.3 Å². The molecule has 0 saturated carbocycles. The average molecular weight is 344 g/mol.